The second-order valence-electron chi connectivity index (χ2n) is 3.44. The van der Waals surface area contributed by atoms with Gasteiger partial charge in [-0.1, -0.05) is 0 Å². The lowest BCUT2D eigenvalue weighted by Crippen LogP contribution is -2.36. The molecule has 15 heavy (non-hydrogen) atoms. The first-order chi connectivity index (χ1) is 7.45. The highest BCUT2D eigenvalue weighted by atomic mass is 32.1. The Morgan fingerprint density at radius 3 is 3.00 bits per heavy atom. The molecule has 0 atom stereocenters. The Balaban J connectivity index is 2.05. The molecule has 4 nitrogen and oxygen atoms in total. The van der Waals surface area contributed by atoms with E-state index in [1.807, 2.05) is 0 Å². The molecular formula is C10H11N3OS. The van der Waals surface area contributed by atoms with Crippen molar-refractivity contribution in [2.75, 3.05) is 31.2 Å². The van der Waals surface area contributed by atoms with Gasteiger partial charge in [0.2, 0.25) is 0 Å². The Morgan fingerprint density at radius 2 is 2.13 bits per heavy atom. The van der Waals surface area contributed by atoms with Crippen LogP contribution >= 0.6 is 11.3 Å². The molecule has 1 saturated heterocycles. The van der Waals surface area contributed by atoms with Gasteiger partial charge in [0.25, 0.3) is 0 Å². The van der Waals surface area contributed by atoms with Crippen molar-refractivity contribution in [3.63, 3.8) is 0 Å². The van der Waals surface area contributed by atoms with Crippen LogP contribution in [0.15, 0.2) is 17.8 Å². The first-order valence-corrected chi connectivity index (χ1v) is 5.84. The molecule has 0 spiro atoms. The van der Waals surface area contributed by atoms with Gasteiger partial charge in [0.15, 0.2) is 0 Å². The van der Waals surface area contributed by atoms with E-state index in [1.54, 1.807) is 17.7 Å². The molecule has 0 radical (unpaired) electrons. The van der Waals surface area contributed by atoms with Crippen molar-refractivity contribution in [1.82, 2.24) is 9.97 Å². The Hall–Kier alpha value is -1.20. The van der Waals surface area contributed by atoms with Crippen LogP contribution in [0.25, 0.3) is 10.2 Å². The number of morpholine rings is 1. The Morgan fingerprint density at radius 1 is 1.27 bits per heavy atom. The summed E-state index contributed by atoms with van der Waals surface area (Å²) in [6, 6.07) is 2.09. The molecule has 5 heteroatoms. The summed E-state index contributed by atoms with van der Waals surface area (Å²) >= 11 is 1.66. The summed E-state index contributed by atoms with van der Waals surface area (Å²) in [6.07, 6.45) is 1.64. The van der Waals surface area contributed by atoms with Crippen LogP contribution in [0.1, 0.15) is 0 Å². The summed E-state index contributed by atoms with van der Waals surface area (Å²) in [5, 5.41) is 3.22. The summed E-state index contributed by atoms with van der Waals surface area (Å²) in [4.78, 5) is 11.9. The highest BCUT2D eigenvalue weighted by Crippen LogP contribution is 2.26. The highest BCUT2D eigenvalue weighted by molar-refractivity contribution is 7.16. The first kappa shape index (κ1) is 9.06. The summed E-state index contributed by atoms with van der Waals surface area (Å²) < 4.78 is 5.33. The van der Waals surface area contributed by atoms with Crippen molar-refractivity contribution in [3.8, 4) is 0 Å². The standard InChI is InChI=1S/C10H11N3OS/c1-6-15-10-8(1)9(11-7-12-10)13-2-4-14-5-3-13/h1,6-7H,2-5H2. The lowest BCUT2D eigenvalue weighted by molar-refractivity contribution is 0.122. The van der Waals surface area contributed by atoms with E-state index in [4.69, 9.17) is 4.74 Å². The fourth-order valence-electron chi connectivity index (χ4n) is 1.80. The van der Waals surface area contributed by atoms with Crippen molar-refractivity contribution in [3.05, 3.63) is 17.8 Å². The van der Waals surface area contributed by atoms with Gasteiger partial charge >= 0.3 is 0 Å². The highest BCUT2D eigenvalue weighted by Gasteiger charge is 2.15. The quantitative estimate of drug-likeness (QED) is 0.732. The van der Waals surface area contributed by atoms with Crippen molar-refractivity contribution in [2.45, 2.75) is 0 Å². The Kier molecular flexibility index (Phi) is 2.26. The fraction of sp³-hybridized carbons (Fsp3) is 0.400. The molecule has 3 heterocycles. The topological polar surface area (TPSA) is 38.2 Å². The van der Waals surface area contributed by atoms with Crippen LogP contribution in [0.4, 0.5) is 5.82 Å². The van der Waals surface area contributed by atoms with Gasteiger partial charge in [0.1, 0.15) is 17.0 Å². The van der Waals surface area contributed by atoms with E-state index in [0.717, 1.165) is 42.3 Å². The zero-order valence-electron chi connectivity index (χ0n) is 8.22. The molecule has 2 aromatic rings. The molecule has 1 aliphatic heterocycles. The molecule has 1 fully saturated rings. The molecule has 1 aliphatic rings. The number of thiophene rings is 1. The SMILES string of the molecule is c1nc(N2CCOCC2)c2ccsc2n1. The molecule has 0 saturated carbocycles. The number of nitrogens with zero attached hydrogens (tertiary/aromatic N) is 3. The third kappa shape index (κ3) is 1.57. The minimum atomic E-state index is 0.787. The van der Waals surface area contributed by atoms with Crippen LogP contribution in [0.5, 0.6) is 0 Å². The Labute approximate surface area is 91.5 Å². The van der Waals surface area contributed by atoms with Crippen molar-refractivity contribution in [1.29, 1.82) is 0 Å². The number of hydrogen-bond acceptors (Lipinski definition) is 5. The molecule has 0 aliphatic carbocycles. The number of rotatable bonds is 1. The van der Waals surface area contributed by atoms with Gasteiger partial charge < -0.3 is 9.64 Å². The van der Waals surface area contributed by atoms with Gasteiger partial charge in [0, 0.05) is 13.1 Å². The molecule has 0 amide bonds. The maximum Gasteiger partial charge on any atom is 0.140 e. The van der Waals surface area contributed by atoms with Gasteiger partial charge in [-0.3, -0.25) is 0 Å². The zero-order chi connectivity index (χ0) is 10.1. The first-order valence-electron chi connectivity index (χ1n) is 4.96. The predicted octanol–water partition coefficient (Wildman–Crippen LogP) is 1.53. The molecule has 78 valence electrons. The summed E-state index contributed by atoms with van der Waals surface area (Å²) in [7, 11) is 0. The summed E-state index contributed by atoms with van der Waals surface area (Å²) in [6.45, 7) is 3.41. The van der Waals surface area contributed by atoms with Gasteiger partial charge in [0.05, 0.1) is 18.6 Å². The van der Waals surface area contributed by atoms with Crippen LogP contribution in [0, 0.1) is 0 Å². The van der Waals surface area contributed by atoms with Gasteiger partial charge in [-0.15, -0.1) is 11.3 Å². The van der Waals surface area contributed by atoms with Gasteiger partial charge in [-0.05, 0) is 11.4 Å². The van der Waals surface area contributed by atoms with E-state index < -0.39 is 0 Å². The van der Waals surface area contributed by atoms with E-state index in [9.17, 15) is 0 Å². The molecule has 0 aromatic carbocycles. The number of anilines is 1. The maximum absolute atomic E-state index is 5.33. The molecule has 3 rings (SSSR count). The summed E-state index contributed by atoms with van der Waals surface area (Å²) in [5.41, 5.74) is 0. The summed E-state index contributed by atoms with van der Waals surface area (Å²) in [5.74, 6) is 1.05. The fourth-order valence-corrected chi connectivity index (χ4v) is 2.53. The average molecular weight is 221 g/mol. The van der Waals surface area contributed by atoms with Crippen molar-refractivity contribution < 1.29 is 4.74 Å². The zero-order valence-corrected chi connectivity index (χ0v) is 9.04. The van der Waals surface area contributed by atoms with Crippen LogP contribution in [0.2, 0.25) is 0 Å². The van der Waals surface area contributed by atoms with Gasteiger partial charge in [-0.2, -0.15) is 0 Å². The molecule has 0 N–H and O–H groups in total. The third-order valence-corrected chi connectivity index (χ3v) is 3.37. The lowest BCUT2D eigenvalue weighted by atomic mass is 10.3. The second-order valence-corrected chi connectivity index (χ2v) is 4.33. The monoisotopic (exact) mass is 221 g/mol. The minimum Gasteiger partial charge on any atom is -0.378 e. The van der Waals surface area contributed by atoms with Crippen molar-refractivity contribution >= 4 is 27.4 Å². The molecule has 0 unspecified atom stereocenters. The lowest BCUT2D eigenvalue weighted by Gasteiger charge is -2.28. The van der Waals surface area contributed by atoms with E-state index in [2.05, 4.69) is 26.3 Å². The van der Waals surface area contributed by atoms with E-state index >= 15 is 0 Å². The smallest absolute Gasteiger partial charge is 0.140 e. The largest absolute Gasteiger partial charge is 0.378 e. The average Bonchev–Trinajstić information content (AvgIpc) is 2.78. The number of hydrogen-bond donors (Lipinski definition) is 0. The van der Waals surface area contributed by atoms with Crippen LogP contribution in [-0.4, -0.2) is 36.3 Å². The predicted molar refractivity (Wildman–Crippen MR) is 60.4 cm³/mol. The third-order valence-electron chi connectivity index (χ3n) is 2.55. The number of ether oxygens (including phenoxy) is 1. The van der Waals surface area contributed by atoms with Crippen LogP contribution < -0.4 is 4.90 Å². The molecule has 2 aromatic heterocycles. The number of aromatic nitrogens is 2. The maximum atomic E-state index is 5.33. The second kappa shape index (κ2) is 3.75. The van der Waals surface area contributed by atoms with Gasteiger partial charge in [-0.25, -0.2) is 9.97 Å². The minimum absolute atomic E-state index is 0.787. The number of fused-ring (bicyclic) bond motifs is 1. The van der Waals surface area contributed by atoms with Crippen LogP contribution in [0.3, 0.4) is 0 Å². The van der Waals surface area contributed by atoms with E-state index in [0.29, 0.717) is 0 Å². The molecular weight excluding hydrogens is 210 g/mol. The van der Waals surface area contributed by atoms with E-state index in [-0.39, 0.29) is 0 Å². The van der Waals surface area contributed by atoms with Crippen molar-refractivity contribution in [2.24, 2.45) is 0 Å². The molecule has 0 bridgehead atoms. The van der Waals surface area contributed by atoms with E-state index in [1.165, 1.54) is 0 Å². The normalized spacial score (nSPS) is 17.2. The Bertz CT molecular complexity index is 464. The van der Waals surface area contributed by atoms with Crippen LogP contribution in [-0.2, 0) is 4.74 Å².